The van der Waals surface area contributed by atoms with Gasteiger partial charge in [0.05, 0.1) is 15.5 Å². The zero-order valence-electron chi connectivity index (χ0n) is 10.6. The number of benzene rings is 1. The van der Waals surface area contributed by atoms with Gasteiger partial charge in [0, 0.05) is 17.7 Å². The van der Waals surface area contributed by atoms with Crippen molar-refractivity contribution in [2.45, 2.75) is 6.92 Å². The number of aromatic nitrogens is 1. The van der Waals surface area contributed by atoms with Crippen LogP contribution < -0.4 is 4.74 Å². The van der Waals surface area contributed by atoms with Gasteiger partial charge < -0.3 is 9.58 Å². The van der Waals surface area contributed by atoms with Gasteiger partial charge in [-0.15, -0.1) is 4.98 Å². The normalized spacial score (nSPS) is 10.0. The van der Waals surface area contributed by atoms with Crippen LogP contribution in [0.3, 0.4) is 0 Å². The third-order valence-electron chi connectivity index (χ3n) is 2.64. The van der Waals surface area contributed by atoms with Gasteiger partial charge in [0.25, 0.3) is 11.5 Å². The van der Waals surface area contributed by atoms with Crippen LogP contribution in [0.25, 0.3) is 4.85 Å². The number of hydrogen-bond acceptors (Lipinski definition) is 4. The van der Waals surface area contributed by atoms with Gasteiger partial charge in [-0.2, -0.15) is 0 Å². The van der Waals surface area contributed by atoms with Crippen molar-refractivity contribution >= 4 is 27.4 Å². The number of nitrogens with zero attached hydrogens (tertiary/aromatic N) is 3. The van der Waals surface area contributed by atoms with Gasteiger partial charge >= 0.3 is 0 Å². The molecule has 0 saturated carbocycles. The van der Waals surface area contributed by atoms with Crippen molar-refractivity contribution < 1.29 is 14.1 Å². The molecule has 0 radical (unpaired) electrons. The zero-order chi connectivity index (χ0) is 15.6. The lowest BCUT2D eigenvalue weighted by atomic mass is 10.2. The molecule has 0 bridgehead atoms. The first-order valence-corrected chi connectivity index (χ1v) is 6.37. The summed E-state index contributed by atoms with van der Waals surface area (Å²) in [6.07, 6.45) is 1.35. The van der Waals surface area contributed by atoms with Crippen LogP contribution >= 0.6 is 15.9 Å². The third kappa shape index (κ3) is 2.98. The molecule has 0 fully saturated rings. The van der Waals surface area contributed by atoms with Gasteiger partial charge in [0.2, 0.25) is 0 Å². The zero-order valence-corrected chi connectivity index (χ0v) is 12.2. The molecule has 2 aromatic rings. The molecule has 1 heterocycles. The summed E-state index contributed by atoms with van der Waals surface area (Å²) in [7, 11) is 0. The maximum absolute atomic E-state index is 14.0. The van der Waals surface area contributed by atoms with E-state index in [9.17, 15) is 14.5 Å². The summed E-state index contributed by atoms with van der Waals surface area (Å²) >= 11 is 3.10. The fourth-order valence-corrected chi connectivity index (χ4v) is 2.08. The van der Waals surface area contributed by atoms with Crippen molar-refractivity contribution in [3.05, 3.63) is 61.8 Å². The highest BCUT2D eigenvalue weighted by molar-refractivity contribution is 9.10. The van der Waals surface area contributed by atoms with E-state index in [2.05, 4.69) is 25.8 Å². The fraction of sp³-hybridized carbons (Fsp3) is 0.0769. The predicted molar refractivity (Wildman–Crippen MR) is 76.1 cm³/mol. The summed E-state index contributed by atoms with van der Waals surface area (Å²) in [5.41, 5.74) is -0.0980. The highest BCUT2D eigenvalue weighted by atomic mass is 79.9. The predicted octanol–water partition coefficient (Wildman–Crippen LogP) is 4.54. The van der Waals surface area contributed by atoms with E-state index in [0.717, 1.165) is 6.07 Å². The van der Waals surface area contributed by atoms with E-state index >= 15 is 0 Å². The number of hydrogen-bond donors (Lipinski definition) is 0. The van der Waals surface area contributed by atoms with Gasteiger partial charge in [-0.05, 0) is 22.9 Å². The molecule has 0 aliphatic rings. The molecular formula is C13H7BrFN3O3. The first-order valence-electron chi connectivity index (χ1n) is 5.58. The molecule has 0 aliphatic carbocycles. The summed E-state index contributed by atoms with van der Waals surface area (Å²) in [4.78, 5) is 17.1. The summed E-state index contributed by atoms with van der Waals surface area (Å²) in [6.45, 7) is 8.34. The van der Waals surface area contributed by atoms with Crippen LogP contribution in [0, 0.1) is 29.4 Å². The molecule has 1 aromatic heterocycles. The van der Waals surface area contributed by atoms with Gasteiger partial charge in [-0.1, -0.05) is 6.57 Å². The second-order valence-electron chi connectivity index (χ2n) is 3.97. The first-order chi connectivity index (χ1) is 9.93. The van der Waals surface area contributed by atoms with Gasteiger partial charge in [-0.25, -0.2) is 4.39 Å². The van der Waals surface area contributed by atoms with Gasteiger partial charge in [0.15, 0.2) is 11.6 Å². The molecule has 8 heteroatoms. The van der Waals surface area contributed by atoms with Crippen LogP contribution in [0.4, 0.5) is 15.9 Å². The van der Waals surface area contributed by atoms with Crippen molar-refractivity contribution in [3.8, 4) is 11.5 Å². The molecule has 0 saturated heterocycles. The van der Waals surface area contributed by atoms with Crippen LogP contribution in [0.2, 0.25) is 0 Å². The average molecular weight is 352 g/mol. The minimum absolute atomic E-state index is 0.0997. The monoisotopic (exact) mass is 351 g/mol. The van der Waals surface area contributed by atoms with E-state index in [1.165, 1.54) is 25.3 Å². The fourth-order valence-electron chi connectivity index (χ4n) is 1.61. The molecule has 0 amide bonds. The molecule has 0 N–H and O–H groups in total. The van der Waals surface area contributed by atoms with E-state index in [0.29, 0.717) is 0 Å². The lowest BCUT2D eigenvalue weighted by Gasteiger charge is -2.11. The number of halogens is 2. The summed E-state index contributed by atoms with van der Waals surface area (Å²) in [6, 6.07) is 3.60. The number of rotatable bonds is 3. The van der Waals surface area contributed by atoms with E-state index in [4.69, 9.17) is 11.3 Å². The SMILES string of the molecule is [C-]#[N+]c1cc(Oc2c(F)cc([N+](=O)[O-])c(C)c2Br)ccn1. The molecule has 1 aromatic carbocycles. The number of nitro benzene ring substituents is 1. The number of nitro groups is 1. The maximum Gasteiger partial charge on any atom is 0.276 e. The first kappa shape index (κ1) is 14.9. The van der Waals surface area contributed by atoms with Crippen molar-refractivity contribution in [1.82, 2.24) is 4.98 Å². The lowest BCUT2D eigenvalue weighted by Crippen LogP contribution is -1.98. The van der Waals surface area contributed by atoms with Gasteiger partial charge in [0.1, 0.15) is 11.9 Å². The molecule has 106 valence electrons. The Labute approximate surface area is 127 Å². The van der Waals surface area contributed by atoms with Crippen LogP contribution in [0.15, 0.2) is 28.9 Å². The summed E-state index contributed by atoms with van der Waals surface area (Å²) in [5, 5.41) is 10.8. The molecule has 0 atom stereocenters. The Morgan fingerprint density at radius 2 is 2.24 bits per heavy atom. The molecule has 0 unspecified atom stereocenters. The highest BCUT2D eigenvalue weighted by Gasteiger charge is 2.22. The summed E-state index contributed by atoms with van der Waals surface area (Å²) in [5.74, 6) is -0.743. The standard InChI is InChI=1S/C13H7BrFN3O3/c1-7-10(18(19)20)6-9(15)13(12(7)14)21-8-3-4-17-11(5-8)16-2/h3-6H,1H3. The quantitative estimate of drug-likeness (QED) is 0.462. The van der Waals surface area contributed by atoms with Crippen LogP contribution in [0.1, 0.15) is 5.56 Å². The van der Waals surface area contributed by atoms with Gasteiger partial charge in [-0.3, -0.25) is 10.1 Å². The second-order valence-corrected chi connectivity index (χ2v) is 4.76. The van der Waals surface area contributed by atoms with Crippen molar-refractivity contribution in [3.63, 3.8) is 0 Å². The number of pyridine rings is 1. The Morgan fingerprint density at radius 1 is 1.52 bits per heavy atom. The van der Waals surface area contributed by atoms with Crippen LogP contribution in [-0.2, 0) is 0 Å². The Morgan fingerprint density at radius 3 is 2.86 bits per heavy atom. The van der Waals surface area contributed by atoms with E-state index in [1.807, 2.05) is 0 Å². The smallest absolute Gasteiger partial charge is 0.276 e. The largest absolute Gasteiger partial charge is 0.454 e. The topological polar surface area (TPSA) is 69.6 Å². The minimum Gasteiger partial charge on any atom is -0.454 e. The van der Waals surface area contributed by atoms with Crippen molar-refractivity contribution in [2.75, 3.05) is 0 Å². The summed E-state index contributed by atoms with van der Waals surface area (Å²) < 4.78 is 19.5. The molecule has 21 heavy (non-hydrogen) atoms. The Bertz CT molecular complexity index is 774. The second kappa shape index (κ2) is 5.85. The molecule has 6 nitrogen and oxygen atoms in total. The molecule has 0 aliphatic heterocycles. The Hall–Kier alpha value is -2.53. The van der Waals surface area contributed by atoms with Crippen molar-refractivity contribution in [1.29, 1.82) is 0 Å². The van der Waals surface area contributed by atoms with E-state index in [1.54, 1.807) is 0 Å². The Balaban J connectivity index is 2.48. The van der Waals surface area contributed by atoms with E-state index < -0.39 is 10.7 Å². The Kier molecular flexibility index (Phi) is 4.14. The highest BCUT2D eigenvalue weighted by Crippen LogP contribution is 2.39. The van der Waals surface area contributed by atoms with Crippen LogP contribution in [-0.4, -0.2) is 9.91 Å². The molecular weight excluding hydrogens is 345 g/mol. The van der Waals surface area contributed by atoms with E-state index in [-0.39, 0.29) is 33.0 Å². The lowest BCUT2D eigenvalue weighted by molar-refractivity contribution is -0.385. The molecule has 0 spiro atoms. The number of ether oxygens (including phenoxy) is 1. The van der Waals surface area contributed by atoms with Crippen molar-refractivity contribution in [2.24, 2.45) is 0 Å². The third-order valence-corrected chi connectivity index (χ3v) is 3.60. The maximum atomic E-state index is 14.0. The minimum atomic E-state index is -0.875. The molecule has 2 rings (SSSR count). The van der Waals surface area contributed by atoms with Crippen LogP contribution in [0.5, 0.6) is 11.5 Å². The average Bonchev–Trinajstić information content (AvgIpc) is 2.47.